The summed E-state index contributed by atoms with van der Waals surface area (Å²) < 4.78 is 18.5. The number of carbonyl (C=O) groups excluding carboxylic acids is 2. The fourth-order valence-corrected chi connectivity index (χ4v) is 3.38. The van der Waals surface area contributed by atoms with E-state index in [1.807, 2.05) is 24.3 Å². The number of benzene rings is 2. The Kier molecular flexibility index (Phi) is 7.84. The molecule has 2 aromatic carbocycles. The second-order valence-electron chi connectivity index (χ2n) is 7.40. The molecule has 3 rings (SSSR count). The second kappa shape index (κ2) is 10.6. The molecule has 2 N–H and O–H groups in total. The maximum Gasteiger partial charge on any atom is 0.241 e. The molecule has 2 aromatic rings. The first-order valence-electron chi connectivity index (χ1n) is 10.0. The Labute approximate surface area is 186 Å². The minimum Gasteiger partial charge on any atom is -0.378 e. The number of nitrogens with one attached hydrogen (secondary N) is 2. The number of morpholine rings is 1. The van der Waals surface area contributed by atoms with E-state index in [1.54, 1.807) is 18.9 Å². The van der Waals surface area contributed by atoms with Crippen LogP contribution in [-0.2, 0) is 14.3 Å². The molecule has 1 saturated heterocycles. The van der Waals surface area contributed by atoms with E-state index in [-0.39, 0.29) is 23.4 Å². The second-order valence-corrected chi connectivity index (χ2v) is 7.81. The number of rotatable bonds is 7. The van der Waals surface area contributed by atoms with Crippen LogP contribution in [0.1, 0.15) is 6.92 Å². The first kappa shape index (κ1) is 23.0. The van der Waals surface area contributed by atoms with E-state index >= 15 is 0 Å². The molecular formula is C22H26ClFN4O3. The Hall–Kier alpha value is -2.68. The highest BCUT2D eigenvalue weighted by Gasteiger charge is 2.21. The van der Waals surface area contributed by atoms with Crippen LogP contribution >= 0.6 is 11.6 Å². The van der Waals surface area contributed by atoms with Crippen molar-refractivity contribution in [2.24, 2.45) is 0 Å². The van der Waals surface area contributed by atoms with E-state index in [0.717, 1.165) is 24.8 Å². The zero-order valence-electron chi connectivity index (χ0n) is 17.5. The first-order valence-corrected chi connectivity index (χ1v) is 10.4. The highest BCUT2D eigenvalue weighted by molar-refractivity contribution is 6.33. The van der Waals surface area contributed by atoms with Gasteiger partial charge in [-0.15, -0.1) is 0 Å². The van der Waals surface area contributed by atoms with Crippen molar-refractivity contribution in [1.82, 2.24) is 4.90 Å². The van der Waals surface area contributed by atoms with Crippen molar-refractivity contribution >= 4 is 40.5 Å². The lowest BCUT2D eigenvalue weighted by molar-refractivity contribution is -0.122. The monoisotopic (exact) mass is 448 g/mol. The maximum absolute atomic E-state index is 13.2. The van der Waals surface area contributed by atoms with E-state index in [0.29, 0.717) is 24.6 Å². The van der Waals surface area contributed by atoms with Crippen molar-refractivity contribution in [2.45, 2.75) is 13.0 Å². The molecule has 1 atom stereocenters. The molecular weight excluding hydrogens is 423 g/mol. The molecule has 1 fully saturated rings. The Bertz CT molecular complexity index is 919. The third kappa shape index (κ3) is 6.40. The van der Waals surface area contributed by atoms with Crippen LogP contribution in [0, 0.1) is 5.82 Å². The summed E-state index contributed by atoms with van der Waals surface area (Å²) in [5, 5.41) is 5.61. The standard InChI is InChI=1S/C22H26ClFN4O3/c1-15(22(30)26-20-8-3-16(24)13-19(20)23)27(2)14-21(29)25-17-4-6-18(7-5-17)28-9-11-31-12-10-28/h3-8,13,15H,9-12,14H2,1-2H3,(H,25,29)(H,26,30). The van der Waals surface area contributed by atoms with Gasteiger partial charge in [-0.25, -0.2) is 4.39 Å². The van der Waals surface area contributed by atoms with Gasteiger partial charge >= 0.3 is 0 Å². The predicted octanol–water partition coefficient (Wildman–Crippen LogP) is 3.21. The lowest BCUT2D eigenvalue weighted by Gasteiger charge is -2.29. The smallest absolute Gasteiger partial charge is 0.241 e. The molecule has 1 aliphatic heterocycles. The Morgan fingerprint density at radius 3 is 2.48 bits per heavy atom. The van der Waals surface area contributed by atoms with E-state index in [4.69, 9.17) is 16.3 Å². The number of carbonyl (C=O) groups is 2. The molecule has 2 amide bonds. The number of likely N-dealkylation sites (N-methyl/N-ethyl adjacent to an activating group) is 1. The lowest BCUT2D eigenvalue weighted by Crippen LogP contribution is -2.43. The minimum atomic E-state index is -0.601. The quantitative estimate of drug-likeness (QED) is 0.680. The summed E-state index contributed by atoms with van der Waals surface area (Å²) in [7, 11) is 1.68. The number of hydrogen-bond acceptors (Lipinski definition) is 5. The fourth-order valence-electron chi connectivity index (χ4n) is 3.17. The topological polar surface area (TPSA) is 73.9 Å². The lowest BCUT2D eigenvalue weighted by atomic mass is 10.2. The van der Waals surface area contributed by atoms with Gasteiger partial charge in [0, 0.05) is 24.5 Å². The molecule has 1 heterocycles. The van der Waals surface area contributed by atoms with Crippen molar-refractivity contribution in [3.05, 3.63) is 53.3 Å². The summed E-state index contributed by atoms with van der Waals surface area (Å²) in [5.74, 6) is -1.07. The van der Waals surface area contributed by atoms with Crippen LogP contribution in [0.5, 0.6) is 0 Å². The van der Waals surface area contributed by atoms with Gasteiger partial charge in [-0.3, -0.25) is 14.5 Å². The number of halogens is 2. The van der Waals surface area contributed by atoms with Gasteiger partial charge in [0.25, 0.3) is 0 Å². The SMILES string of the molecule is CC(C(=O)Nc1ccc(F)cc1Cl)N(C)CC(=O)Nc1ccc(N2CCOCC2)cc1. The van der Waals surface area contributed by atoms with Gasteiger partial charge in [0.2, 0.25) is 11.8 Å². The average Bonchev–Trinajstić information content (AvgIpc) is 2.76. The molecule has 0 saturated carbocycles. The van der Waals surface area contributed by atoms with Gasteiger partial charge in [-0.05, 0) is 56.4 Å². The third-order valence-electron chi connectivity index (χ3n) is 5.15. The minimum absolute atomic E-state index is 0.0248. The number of nitrogens with zero attached hydrogens (tertiary/aromatic N) is 2. The molecule has 0 radical (unpaired) electrons. The summed E-state index contributed by atoms with van der Waals surface area (Å²) in [4.78, 5) is 28.7. The predicted molar refractivity (Wildman–Crippen MR) is 120 cm³/mol. The largest absolute Gasteiger partial charge is 0.378 e. The van der Waals surface area contributed by atoms with Crippen LogP contribution in [0.25, 0.3) is 0 Å². The van der Waals surface area contributed by atoms with Gasteiger partial charge in [0.1, 0.15) is 5.82 Å². The van der Waals surface area contributed by atoms with Crippen LogP contribution in [0.2, 0.25) is 5.02 Å². The zero-order chi connectivity index (χ0) is 22.4. The molecule has 166 valence electrons. The van der Waals surface area contributed by atoms with E-state index < -0.39 is 11.9 Å². The van der Waals surface area contributed by atoms with Crippen LogP contribution in [-0.4, -0.2) is 62.7 Å². The van der Waals surface area contributed by atoms with Gasteiger partial charge in [-0.1, -0.05) is 11.6 Å². The normalized spacial score (nSPS) is 14.9. The van der Waals surface area contributed by atoms with Crippen molar-refractivity contribution < 1.29 is 18.7 Å². The van der Waals surface area contributed by atoms with E-state index in [1.165, 1.54) is 12.1 Å². The van der Waals surface area contributed by atoms with Crippen molar-refractivity contribution in [1.29, 1.82) is 0 Å². The third-order valence-corrected chi connectivity index (χ3v) is 5.46. The van der Waals surface area contributed by atoms with Crippen molar-refractivity contribution in [2.75, 3.05) is 55.4 Å². The number of ether oxygens (including phenoxy) is 1. The zero-order valence-corrected chi connectivity index (χ0v) is 18.3. The maximum atomic E-state index is 13.2. The molecule has 7 nitrogen and oxygen atoms in total. The number of amides is 2. The summed E-state index contributed by atoms with van der Waals surface area (Å²) in [6, 6.07) is 10.8. The fraction of sp³-hybridized carbons (Fsp3) is 0.364. The van der Waals surface area contributed by atoms with E-state index in [2.05, 4.69) is 15.5 Å². The van der Waals surface area contributed by atoms with Crippen LogP contribution in [0.4, 0.5) is 21.5 Å². The molecule has 0 spiro atoms. The summed E-state index contributed by atoms with van der Waals surface area (Å²) in [5.41, 5.74) is 2.09. The number of anilines is 3. The van der Waals surface area contributed by atoms with Gasteiger partial charge < -0.3 is 20.3 Å². The first-order chi connectivity index (χ1) is 14.8. The molecule has 0 aromatic heterocycles. The van der Waals surface area contributed by atoms with Crippen LogP contribution < -0.4 is 15.5 Å². The highest BCUT2D eigenvalue weighted by Crippen LogP contribution is 2.23. The molecule has 1 unspecified atom stereocenters. The highest BCUT2D eigenvalue weighted by atomic mass is 35.5. The Balaban J connectivity index is 1.50. The average molecular weight is 449 g/mol. The molecule has 1 aliphatic rings. The molecule has 9 heteroatoms. The summed E-state index contributed by atoms with van der Waals surface area (Å²) in [6.07, 6.45) is 0. The number of hydrogen-bond donors (Lipinski definition) is 2. The molecule has 0 bridgehead atoms. The molecule has 0 aliphatic carbocycles. The Morgan fingerprint density at radius 2 is 1.84 bits per heavy atom. The summed E-state index contributed by atoms with van der Waals surface area (Å²) in [6.45, 7) is 4.82. The molecule has 31 heavy (non-hydrogen) atoms. The summed E-state index contributed by atoms with van der Waals surface area (Å²) >= 11 is 5.95. The van der Waals surface area contributed by atoms with Gasteiger partial charge in [0.05, 0.1) is 36.5 Å². The van der Waals surface area contributed by atoms with Crippen molar-refractivity contribution in [3.63, 3.8) is 0 Å². The van der Waals surface area contributed by atoms with Gasteiger partial charge in [-0.2, -0.15) is 0 Å². The van der Waals surface area contributed by atoms with Crippen molar-refractivity contribution in [3.8, 4) is 0 Å². The van der Waals surface area contributed by atoms with Gasteiger partial charge in [0.15, 0.2) is 0 Å². The Morgan fingerprint density at radius 1 is 1.16 bits per heavy atom. The van der Waals surface area contributed by atoms with E-state index in [9.17, 15) is 14.0 Å². The van der Waals surface area contributed by atoms with Crippen LogP contribution in [0.15, 0.2) is 42.5 Å². The van der Waals surface area contributed by atoms with Crippen LogP contribution in [0.3, 0.4) is 0 Å².